The SMILES string of the molecule is COCCN1C(=O)C(=O)C(=C(O)c2c(C)nc3ccccn23)C1c1cccc(OC)c1. The molecule has 31 heavy (non-hydrogen) atoms. The van der Waals surface area contributed by atoms with Crippen molar-refractivity contribution >= 4 is 23.1 Å². The van der Waals surface area contributed by atoms with E-state index in [0.717, 1.165) is 0 Å². The minimum absolute atomic E-state index is 0.0168. The number of pyridine rings is 1. The number of rotatable bonds is 6. The van der Waals surface area contributed by atoms with Gasteiger partial charge in [-0.3, -0.25) is 14.0 Å². The fourth-order valence-corrected chi connectivity index (χ4v) is 3.98. The summed E-state index contributed by atoms with van der Waals surface area (Å²) in [6, 6.07) is 11.8. The van der Waals surface area contributed by atoms with E-state index in [1.807, 2.05) is 12.1 Å². The zero-order valence-electron chi connectivity index (χ0n) is 17.5. The minimum Gasteiger partial charge on any atom is -0.505 e. The summed E-state index contributed by atoms with van der Waals surface area (Å²) >= 11 is 0. The molecule has 160 valence electrons. The lowest BCUT2D eigenvalue weighted by Crippen LogP contribution is -2.32. The quantitative estimate of drug-likeness (QED) is 0.374. The Hall–Kier alpha value is -3.65. The highest BCUT2D eigenvalue weighted by Crippen LogP contribution is 2.40. The van der Waals surface area contributed by atoms with Crippen LogP contribution in [0.3, 0.4) is 0 Å². The number of likely N-dealkylation sites (tertiary alicyclic amines) is 1. The Labute approximate surface area is 179 Å². The van der Waals surface area contributed by atoms with Crippen molar-refractivity contribution in [3.05, 3.63) is 71.2 Å². The number of fused-ring (bicyclic) bond motifs is 1. The zero-order valence-corrected chi connectivity index (χ0v) is 17.5. The Morgan fingerprint density at radius 2 is 1.97 bits per heavy atom. The highest BCUT2D eigenvalue weighted by Gasteiger charge is 2.46. The number of hydrogen-bond acceptors (Lipinski definition) is 6. The van der Waals surface area contributed by atoms with E-state index in [1.54, 1.807) is 55.0 Å². The van der Waals surface area contributed by atoms with Gasteiger partial charge in [-0.15, -0.1) is 0 Å². The molecular formula is C23H23N3O5. The molecule has 1 amide bonds. The van der Waals surface area contributed by atoms with Gasteiger partial charge < -0.3 is 19.5 Å². The maximum atomic E-state index is 13.1. The number of benzene rings is 1. The van der Waals surface area contributed by atoms with Gasteiger partial charge in [-0.05, 0) is 36.8 Å². The standard InChI is InChI=1S/C23H23N3O5/c1-14-19(25-10-5-4-9-17(25)24-14)21(27)18-20(15-7-6-8-16(13-15)31-3)26(11-12-30-2)23(29)22(18)28/h4-10,13,20,27H,11-12H2,1-3H3. The summed E-state index contributed by atoms with van der Waals surface area (Å²) in [7, 11) is 3.07. The van der Waals surface area contributed by atoms with E-state index >= 15 is 0 Å². The molecular weight excluding hydrogens is 398 g/mol. The van der Waals surface area contributed by atoms with E-state index in [-0.39, 0.29) is 24.5 Å². The number of hydrogen-bond donors (Lipinski definition) is 1. The van der Waals surface area contributed by atoms with Gasteiger partial charge in [0.2, 0.25) is 0 Å². The van der Waals surface area contributed by atoms with Crippen LogP contribution in [0, 0.1) is 6.92 Å². The predicted molar refractivity (Wildman–Crippen MR) is 114 cm³/mol. The van der Waals surface area contributed by atoms with Crippen LogP contribution >= 0.6 is 0 Å². The molecule has 3 heterocycles. The van der Waals surface area contributed by atoms with E-state index in [4.69, 9.17) is 9.47 Å². The molecule has 1 saturated heterocycles. The molecule has 1 atom stereocenters. The molecule has 0 spiro atoms. The summed E-state index contributed by atoms with van der Waals surface area (Å²) in [4.78, 5) is 31.9. The van der Waals surface area contributed by atoms with E-state index < -0.39 is 17.7 Å². The van der Waals surface area contributed by atoms with Crippen LogP contribution in [0.25, 0.3) is 11.4 Å². The zero-order chi connectivity index (χ0) is 22.1. The highest BCUT2D eigenvalue weighted by atomic mass is 16.5. The molecule has 8 heteroatoms. The third kappa shape index (κ3) is 3.44. The Balaban J connectivity index is 1.95. The topological polar surface area (TPSA) is 93.4 Å². The van der Waals surface area contributed by atoms with Crippen molar-refractivity contribution in [1.82, 2.24) is 14.3 Å². The molecule has 1 aliphatic rings. The van der Waals surface area contributed by atoms with Crippen molar-refractivity contribution in [3.8, 4) is 5.75 Å². The van der Waals surface area contributed by atoms with Gasteiger partial charge in [-0.2, -0.15) is 0 Å². The number of aliphatic hydroxyl groups excluding tert-OH is 1. The molecule has 0 saturated carbocycles. The number of Topliss-reactive ketones (excluding diaryl/α,β-unsaturated/α-hetero) is 1. The maximum Gasteiger partial charge on any atom is 0.295 e. The number of ether oxygens (including phenoxy) is 2. The number of methoxy groups -OCH3 is 2. The van der Waals surface area contributed by atoms with Crippen LogP contribution in [0.1, 0.15) is 23.0 Å². The highest BCUT2D eigenvalue weighted by molar-refractivity contribution is 6.46. The van der Waals surface area contributed by atoms with Gasteiger partial charge in [-0.1, -0.05) is 18.2 Å². The summed E-state index contributed by atoms with van der Waals surface area (Å²) in [6.45, 7) is 2.21. The number of aryl methyl sites for hydroxylation is 1. The normalized spacial score (nSPS) is 18.2. The van der Waals surface area contributed by atoms with Crippen LogP contribution in [-0.4, -0.2) is 58.5 Å². The second kappa shape index (κ2) is 8.23. The monoisotopic (exact) mass is 421 g/mol. The summed E-state index contributed by atoms with van der Waals surface area (Å²) in [5.41, 5.74) is 2.24. The van der Waals surface area contributed by atoms with Crippen molar-refractivity contribution in [2.75, 3.05) is 27.4 Å². The molecule has 0 bridgehead atoms. The third-order valence-corrected chi connectivity index (χ3v) is 5.41. The van der Waals surface area contributed by atoms with Crippen molar-refractivity contribution in [2.24, 2.45) is 0 Å². The molecule has 2 aromatic heterocycles. The molecule has 8 nitrogen and oxygen atoms in total. The second-order valence-corrected chi connectivity index (χ2v) is 7.24. The first-order valence-corrected chi connectivity index (χ1v) is 9.83. The lowest BCUT2D eigenvalue weighted by atomic mass is 9.96. The van der Waals surface area contributed by atoms with E-state index in [0.29, 0.717) is 28.3 Å². The molecule has 1 aromatic carbocycles. The molecule has 1 aliphatic heterocycles. The molecule has 4 rings (SSSR count). The Kier molecular flexibility index (Phi) is 5.48. The number of nitrogens with zero attached hydrogens (tertiary/aromatic N) is 3. The molecule has 3 aromatic rings. The number of aliphatic hydroxyl groups is 1. The Morgan fingerprint density at radius 1 is 1.16 bits per heavy atom. The van der Waals surface area contributed by atoms with E-state index in [1.165, 1.54) is 12.0 Å². The number of aromatic nitrogens is 2. The van der Waals surface area contributed by atoms with Crippen LogP contribution < -0.4 is 4.74 Å². The van der Waals surface area contributed by atoms with Crippen molar-refractivity contribution in [1.29, 1.82) is 0 Å². The lowest BCUT2D eigenvalue weighted by Gasteiger charge is -2.25. The molecule has 1 fully saturated rings. The molecule has 1 unspecified atom stereocenters. The van der Waals surface area contributed by atoms with Gasteiger partial charge in [0.25, 0.3) is 11.7 Å². The predicted octanol–water partition coefficient (Wildman–Crippen LogP) is 2.72. The number of amides is 1. The average molecular weight is 421 g/mol. The number of ketones is 1. The van der Waals surface area contributed by atoms with Crippen molar-refractivity contribution < 1.29 is 24.2 Å². The maximum absolute atomic E-state index is 13.1. The first-order chi connectivity index (χ1) is 15.0. The van der Waals surface area contributed by atoms with E-state index in [9.17, 15) is 14.7 Å². The van der Waals surface area contributed by atoms with Gasteiger partial charge in [0, 0.05) is 19.9 Å². The molecule has 0 radical (unpaired) electrons. The first kappa shape index (κ1) is 20.6. The number of carbonyl (C=O) groups is 2. The third-order valence-electron chi connectivity index (χ3n) is 5.41. The molecule has 1 N–H and O–H groups in total. The van der Waals surface area contributed by atoms with Crippen LogP contribution in [0.5, 0.6) is 5.75 Å². The largest absolute Gasteiger partial charge is 0.505 e. The smallest absolute Gasteiger partial charge is 0.295 e. The Morgan fingerprint density at radius 3 is 2.71 bits per heavy atom. The van der Waals surface area contributed by atoms with Gasteiger partial charge in [0.1, 0.15) is 17.1 Å². The van der Waals surface area contributed by atoms with Crippen LogP contribution in [0.15, 0.2) is 54.2 Å². The van der Waals surface area contributed by atoms with Crippen LogP contribution in [0.2, 0.25) is 0 Å². The summed E-state index contributed by atoms with van der Waals surface area (Å²) in [6.07, 6.45) is 1.76. The van der Waals surface area contributed by atoms with Crippen molar-refractivity contribution in [2.45, 2.75) is 13.0 Å². The Bertz CT molecular complexity index is 1200. The summed E-state index contributed by atoms with van der Waals surface area (Å²) < 4.78 is 12.2. The van der Waals surface area contributed by atoms with Gasteiger partial charge in [0.15, 0.2) is 5.76 Å². The fraction of sp³-hybridized carbons (Fsp3) is 0.261. The summed E-state index contributed by atoms with van der Waals surface area (Å²) in [5, 5.41) is 11.3. The van der Waals surface area contributed by atoms with Gasteiger partial charge >= 0.3 is 0 Å². The lowest BCUT2D eigenvalue weighted by molar-refractivity contribution is -0.140. The molecule has 0 aliphatic carbocycles. The number of carbonyl (C=O) groups excluding carboxylic acids is 2. The minimum atomic E-state index is -0.779. The van der Waals surface area contributed by atoms with E-state index in [2.05, 4.69) is 4.98 Å². The first-order valence-electron chi connectivity index (χ1n) is 9.83. The number of imidazole rings is 1. The fourth-order valence-electron chi connectivity index (χ4n) is 3.98. The average Bonchev–Trinajstić information content (AvgIpc) is 3.25. The summed E-state index contributed by atoms with van der Waals surface area (Å²) in [5.74, 6) is -1.10. The van der Waals surface area contributed by atoms with Gasteiger partial charge in [0.05, 0.1) is 31.0 Å². The van der Waals surface area contributed by atoms with Crippen LogP contribution in [-0.2, 0) is 14.3 Å². The second-order valence-electron chi connectivity index (χ2n) is 7.24. The van der Waals surface area contributed by atoms with Crippen molar-refractivity contribution in [3.63, 3.8) is 0 Å². The van der Waals surface area contributed by atoms with Crippen LogP contribution in [0.4, 0.5) is 0 Å². The van der Waals surface area contributed by atoms with Gasteiger partial charge in [-0.25, -0.2) is 4.98 Å².